The van der Waals surface area contributed by atoms with Gasteiger partial charge in [0, 0.05) is 23.7 Å². The second kappa shape index (κ2) is 7.84. The molecule has 0 saturated carbocycles. The van der Waals surface area contributed by atoms with Gasteiger partial charge in [0.2, 0.25) is 0 Å². The SMILES string of the molecule is O=C(NCc1ccc(Oc2nccs2)cc1)c1cc(-c2ccccc2)n[nH]1. The Kier molecular flexibility index (Phi) is 4.93. The minimum Gasteiger partial charge on any atom is -0.431 e. The lowest BCUT2D eigenvalue weighted by atomic mass is 10.1. The number of carbonyl (C=O) groups excluding carboxylic acids is 1. The van der Waals surface area contributed by atoms with E-state index in [2.05, 4.69) is 20.5 Å². The van der Waals surface area contributed by atoms with Crippen molar-refractivity contribution in [3.63, 3.8) is 0 Å². The van der Waals surface area contributed by atoms with Crippen LogP contribution in [0.2, 0.25) is 0 Å². The molecule has 6 nitrogen and oxygen atoms in total. The van der Waals surface area contributed by atoms with E-state index in [-0.39, 0.29) is 5.91 Å². The number of nitrogens with one attached hydrogen (secondary N) is 2. The van der Waals surface area contributed by atoms with Gasteiger partial charge < -0.3 is 10.1 Å². The minimum absolute atomic E-state index is 0.201. The smallest absolute Gasteiger partial charge is 0.278 e. The second-order valence-electron chi connectivity index (χ2n) is 5.76. The summed E-state index contributed by atoms with van der Waals surface area (Å²) in [5, 5.41) is 12.3. The molecule has 2 aromatic carbocycles. The molecule has 7 heteroatoms. The van der Waals surface area contributed by atoms with Gasteiger partial charge in [0.1, 0.15) is 11.4 Å². The van der Waals surface area contributed by atoms with Crippen molar-refractivity contribution in [2.75, 3.05) is 0 Å². The zero-order valence-corrected chi connectivity index (χ0v) is 15.1. The van der Waals surface area contributed by atoms with Crippen LogP contribution in [0, 0.1) is 0 Å². The number of benzene rings is 2. The van der Waals surface area contributed by atoms with E-state index in [1.807, 2.05) is 60.0 Å². The Morgan fingerprint density at radius 1 is 1.11 bits per heavy atom. The minimum atomic E-state index is -0.201. The summed E-state index contributed by atoms with van der Waals surface area (Å²) in [4.78, 5) is 16.4. The summed E-state index contributed by atoms with van der Waals surface area (Å²) in [7, 11) is 0. The van der Waals surface area contributed by atoms with E-state index in [1.54, 1.807) is 12.3 Å². The summed E-state index contributed by atoms with van der Waals surface area (Å²) in [6.45, 7) is 0.413. The molecular formula is C20H16N4O2S. The molecule has 0 fully saturated rings. The lowest BCUT2D eigenvalue weighted by Gasteiger charge is -2.05. The standard InChI is InChI=1S/C20H16N4O2S/c25-19(18-12-17(23-24-18)15-4-2-1-3-5-15)22-13-14-6-8-16(9-7-14)26-20-21-10-11-27-20/h1-12H,13H2,(H,22,25)(H,23,24). The van der Waals surface area contributed by atoms with Crippen LogP contribution in [0.3, 0.4) is 0 Å². The van der Waals surface area contributed by atoms with Crippen LogP contribution in [-0.4, -0.2) is 21.1 Å². The zero-order valence-electron chi connectivity index (χ0n) is 14.3. The van der Waals surface area contributed by atoms with E-state index in [0.717, 1.165) is 16.8 Å². The molecule has 0 spiro atoms. The first-order valence-corrected chi connectivity index (χ1v) is 9.21. The molecule has 4 aromatic rings. The quantitative estimate of drug-likeness (QED) is 0.527. The van der Waals surface area contributed by atoms with Gasteiger partial charge in [-0.2, -0.15) is 5.10 Å². The number of amides is 1. The van der Waals surface area contributed by atoms with Crippen molar-refractivity contribution in [2.45, 2.75) is 6.54 Å². The number of hydrogen-bond donors (Lipinski definition) is 2. The van der Waals surface area contributed by atoms with Crippen LogP contribution >= 0.6 is 11.3 Å². The molecule has 2 aromatic heterocycles. The van der Waals surface area contributed by atoms with E-state index in [0.29, 0.717) is 23.2 Å². The Balaban J connectivity index is 1.34. The van der Waals surface area contributed by atoms with Crippen molar-refractivity contribution in [2.24, 2.45) is 0 Å². The third kappa shape index (κ3) is 4.21. The van der Waals surface area contributed by atoms with Crippen molar-refractivity contribution >= 4 is 17.2 Å². The van der Waals surface area contributed by atoms with Gasteiger partial charge in [-0.25, -0.2) is 4.98 Å². The molecule has 0 atom stereocenters. The molecule has 0 radical (unpaired) electrons. The van der Waals surface area contributed by atoms with Gasteiger partial charge >= 0.3 is 0 Å². The number of carbonyl (C=O) groups is 1. The van der Waals surface area contributed by atoms with Crippen molar-refractivity contribution < 1.29 is 9.53 Å². The zero-order chi connectivity index (χ0) is 18.5. The number of thiazole rings is 1. The summed E-state index contributed by atoms with van der Waals surface area (Å²) in [5.41, 5.74) is 3.10. The van der Waals surface area contributed by atoms with E-state index >= 15 is 0 Å². The van der Waals surface area contributed by atoms with Crippen LogP contribution in [0.5, 0.6) is 10.9 Å². The van der Waals surface area contributed by atoms with Crippen LogP contribution < -0.4 is 10.1 Å². The maximum atomic E-state index is 12.3. The molecule has 1 amide bonds. The third-order valence-corrected chi connectivity index (χ3v) is 4.53. The summed E-state index contributed by atoms with van der Waals surface area (Å²) in [5.74, 6) is 0.508. The summed E-state index contributed by atoms with van der Waals surface area (Å²) >= 11 is 1.43. The molecule has 0 bridgehead atoms. The molecule has 2 N–H and O–H groups in total. The molecular weight excluding hydrogens is 360 g/mol. The highest BCUT2D eigenvalue weighted by molar-refractivity contribution is 7.11. The van der Waals surface area contributed by atoms with E-state index < -0.39 is 0 Å². The Morgan fingerprint density at radius 3 is 2.67 bits per heavy atom. The number of H-pyrrole nitrogens is 1. The predicted octanol–water partition coefficient (Wildman–Crippen LogP) is 4.26. The molecule has 0 unspecified atom stereocenters. The monoisotopic (exact) mass is 376 g/mol. The number of hydrogen-bond acceptors (Lipinski definition) is 5. The fourth-order valence-electron chi connectivity index (χ4n) is 2.51. The summed E-state index contributed by atoms with van der Waals surface area (Å²) in [6, 6.07) is 19.0. The van der Waals surface area contributed by atoms with E-state index in [1.165, 1.54) is 11.3 Å². The molecule has 0 saturated heterocycles. The molecule has 0 aliphatic heterocycles. The number of ether oxygens (including phenoxy) is 1. The number of aromatic nitrogens is 3. The van der Waals surface area contributed by atoms with Crippen LogP contribution in [0.4, 0.5) is 0 Å². The van der Waals surface area contributed by atoms with E-state index in [4.69, 9.17) is 4.74 Å². The first-order chi connectivity index (χ1) is 13.3. The average Bonchev–Trinajstić information content (AvgIpc) is 3.40. The van der Waals surface area contributed by atoms with Crippen molar-refractivity contribution in [1.29, 1.82) is 0 Å². The van der Waals surface area contributed by atoms with Crippen LogP contribution in [-0.2, 0) is 6.54 Å². The number of aromatic amines is 1. The fraction of sp³-hybridized carbons (Fsp3) is 0.0500. The molecule has 4 rings (SSSR count). The van der Waals surface area contributed by atoms with Gasteiger partial charge in [-0.3, -0.25) is 9.89 Å². The molecule has 0 aliphatic carbocycles. The fourth-order valence-corrected chi connectivity index (χ4v) is 3.01. The van der Waals surface area contributed by atoms with Crippen molar-refractivity contribution in [3.8, 4) is 22.2 Å². The highest BCUT2D eigenvalue weighted by Crippen LogP contribution is 2.23. The highest BCUT2D eigenvalue weighted by Gasteiger charge is 2.10. The first-order valence-electron chi connectivity index (χ1n) is 8.33. The summed E-state index contributed by atoms with van der Waals surface area (Å²) < 4.78 is 5.62. The first kappa shape index (κ1) is 17.0. The van der Waals surface area contributed by atoms with Gasteiger partial charge in [0.25, 0.3) is 11.1 Å². The number of rotatable bonds is 6. The Hall–Kier alpha value is -3.45. The van der Waals surface area contributed by atoms with Gasteiger partial charge in [-0.1, -0.05) is 53.8 Å². The van der Waals surface area contributed by atoms with Gasteiger partial charge in [-0.15, -0.1) is 0 Å². The maximum Gasteiger partial charge on any atom is 0.278 e. The normalized spacial score (nSPS) is 10.5. The molecule has 0 aliphatic rings. The second-order valence-corrected chi connectivity index (χ2v) is 6.62. The largest absolute Gasteiger partial charge is 0.431 e. The Morgan fingerprint density at radius 2 is 1.93 bits per heavy atom. The van der Waals surface area contributed by atoms with E-state index in [9.17, 15) is 4.79 Å². The Labute approximate surface area is 159 Å². The van der Waals surface area contributed by atoms with Crippen LogP contribution in [0.15, 0.2) is 72.2 Å². The Bertz CT molecular complexity index is 1010. The van der Waals surface area contributed by atoms with Gasteiger partial charge in [0.05, 0.1) is 5.69 Å². The van der Waals surface area contributed by atoms with Crippen molar-refractivity contribution in [3.05, 3.63) is 83.5 Å². The van der Waals surface area contributed by atoms with Gasteiger partial charge in [0.15, 0.2) is 0 Å². The molecule has 27 heavy (non-hydrogen) atoms. The molecule has 134 valence electrons. The molecule has 2 heterocycles. The summed E-state index contributed by atoms with van der Waals surface area (Å²) in [6.07, 6.45) is 1.70. The topological polar surface area (TPSA) is 79.9 Å². The van der Waals surface area contributed by atoms with Gasteiger partial charge in [-0.05, 0) is 23.8 Å². The average molecular weight is 376 g/mol. The third-order valence-electron chi connectivity index (χ3n) is 3.88. The lowest BCUT2D eigenvalue weighted by molar-refractivity contribution is 0.0946. The van der Waals surface area contributed by atoms with Crippen LogP contribution in [0.1, 0.15) is 16.1 Å². The predicted molar refractivity (Wildman–Crippen MR) is 104 cm³/mol. The maximum absolute atomic E-state index is 12.3. The lowest BCUT2D eigenvalue weighted by Crippen LogP contribution is -2.23. The number of nitrogens with zero attached hydrogens (tertiary/aromatic N) is 2. The highest BCUT2D eigenvalue weighted by atomic mass is 32.1. The van der Waals surface area contributed by atoms with Crippen molar-refractivity contribution in [1.82, 2.24) is 20.5 Å². The van der Waals surface area contributed by atoms with Crippen LogP contribution in [0.25, 0.3) is 11.3 Å².